The Hall–Kier alpha value is -1.84. The van der Waals surface area contributed by atoms with E-state index in [2.05, 4.69) is 10.6 Å². The predicted molar refractivity (Wildman–Crippen MR) is 75.9 cm³/mol. The zero-order valence-corrected chi connectivity index (χ0v) is 11.4. The summed E-state index contributed by atoms with van der Waals surface area (Å²) >= 11 is 0. The zero-order valence-electron chi connectivity index (χ0n) is 11.4. The van der Waals surface area contributed by atoms with Gasteiger partial charge in [-0.1, -0.05) is 13.8 Å². The summed E-state index contributed by atoms with van der Waals surface area (Å²) in [7, 11) is 0. The van der Waals surface area contributed by atoms with E-state index in [1.54, 1.807) is 12.1 Å². The third kappa shape index (κ3) is 4.39. The van der Waals surface area contributed by atoms with Gasteiger partial charge in [-0.25, -0.2) is 0 Å². The molecule has 4 heteroatoms. The number of hydrogen-bond donors (Lipinski definition) is 2. The Kier molecular flexibility index (Phi) is 4.20. The van der Waals surface area contributed by atoms with Gasteiger partial charge in [-0.3, -0.25) is 9.59 Å². The Morgan fingerprint density at radius 2 is 1.63 bits per heavy atom. The van der Waals surface area contributed by atoms with Crippen molar-refractivity contribution in [3.63, 3.8) is 0 Å². The highest BCUT2D eigenvalue weighted by Crippen LogP contribution is 2.30. The number of rotatable bonds is 5. The lowest BCUT2D eigenvalue weighted by Gasteiger charge is -2.08. The summed E-state index contributed by atoms with van der Waals surface area (Å²) in [6, 6.07) is 7.23. The molecule has 0 bridgehead atoms. The van der Waals surface area contributed by atoms with E-state index in [0.717, 1.165) is 24.2 Å². The number of hydrogen-bond acceptors (Lipinski definition) is 2. The number of nitrogens with one attached hydrogen (secondary N) is 2. The quantitative estimate of drug-likeness (QED) is 0.855. The van der Waals surface area contributed by atoms with Crippen molar-refractivity contribution in [3.8, 4) is 0 Å². The Balaban J connectivity index is 1.87. The molecule has 4 nitrogen and oxygen atoms in total. The number of anilines is 2. The molecule has 1 saturated carbocycles. The van der Waals surface area contributed by atoms with Crippen LogP contribution in [-0.4, -0.2) is 11.8 Å². The van der Waals surface area contributed by atoms with Gasteiger partial charge in [0.1, 0.15) is 0 Å². The van der Waals surface area contributed by atoms with Crippen LogP contribution in [0, 0.1) is 11.8 Å². The number of benzene rings is 1. The second-order valence-corrected chi connectivity index (χ2v) is 5.49. The second-order valence-electron chi connectivity index (χ2n) is 5.49. The lowest BCUT2D eigenvalue weighted by atomic mass is 10.1. The van der Waals surface area contributed by atoms with Gasteiger partial charge in [0.2, 0.25) is 11.8 Å². The SMILES string of the molecule is CC(C)CC(=O)Nc1ccc(NC(=O)C2CC2)cc1. The third-order valence-electron chi connectivity index (χ3n) is 2.98. The third-order valence-corrected chi connectivity index (χ3v) is 2.98. The van der Waals surface area contributed by atoms with Gasteiger partial charge in [0.25, 0.3) is 0 Å². The van der Waals surface area contributed by atoms with Gasteiger partial charge < -0.3 is 10.6 Å². The van der Waals surface area contributed by atoms with Crippen LogP contribution in [0.3, 0.4) is 0 Å². The summed E-state index contributed by atoms with van der Waals surface area (Å²) in [6.07, 6.45) is 2.50. The maximum absolute atomic E-state index is 11.6. The highest BCUT2D eigenvalue weighted by Gasteiger charge is 2.29. The van der Waals surface area contributed by atoms with Crippen molar-refractivity contribution in [2.75, 3.05) is 10.6 Å². The molecule has 2 rings (SSSR count). The zero-order chi connectivity index (χ0) is 13.8. The summed E-state index contributed by atoms with van der Waals surface area (Å²) in [5.74, 6) is 0.656. The topological polar surface area (TPSA) is 58.2 Å². The van der Waals surface area contributed by atoms with Crippen molar-refractivity contribution in [1.82, 2.24) is 0 Å². The van der Waals surface area contributed by atoms with Crippen LogP contribution in [0.2, 0.25) is 0 Å². The summed E-state index contributed by atoms with van der Waals surface area (Å²) in [5, 5.41) is 5.70. The van der Waals surface area contributed by atoms with E-state index >= 15 is 0 Å². The Morgan fingerprint density at radius 3 is 2.11 bits per heavy atom. The highest BCUT2D eigenvalue weighted by molar-refractivity contribution is 5.95. The van der Waals surface area contributed by atoms with E-state index in [1.807, 2.05) is 26.0 Å². The van der Waals surface area contributed by atoms with Gasteiger partial charge in [-0.15, -0.1) is 0 Å². The van der Waals surface area contributed by atoms with Crippen molar-refractivity contribution in [2.24, 2.45) is 11.8 Å². The summed E-state index contributed by atoms with van der Waals surface area (Å²) in [5.41, 5.74) is 1.54. The van der Waals surface area contributed by atoms with E-state index in [0.29, 0.717) is 12.3 Å². The lowest BCUT2D eigenvalue weighted by molar-refractivity contribution is -0.117. The Morgan fingerprint density at radius 1 is 1.11 bits per heavy atom. The van der Waals surface area contributed by atoms with Crippen LogP contribution < -0.4 is 10.6 Å². The van der Waals surface area contributed by atoms with Crippen molar-refractivity contribution in [1.29, 1.82) is 0 Å². The number of amides is 2. The molecule has 2 amide bonds. The Bertz CT molecular complexity index is 462. The van der Waals surface area contributed by atoms with Gasteiger partial charge in [0.05, 0.1) is 0 Å². The monoisotopic (exact) mass is 260 g/mol. The number of carbonyl (C=O) groups is 2. The second kappa shape index (κ2) is 5.87. The molecule has 1 aromatic rings. The Labute approximate surface area is 113 Å². The fourth-order valence-electron chi connectivity index (χ4n) is 1.81. The molecule has 0 unspecified atom stereocenters. The molecule has 2 N–H and O–H groups in total. The fourth-order valence-corrected chi connectivity index (χ4v) is 1.81. The molecule has 0 heterocycles. The molecule has 0 spiro atoms. The maximum atomic E-state index is 11.6. The van der Waals surface area contributed by atoms with Crippen LogP contribution in [0.4, 0.5) is 11.4 Å². The predicted octanol–water partition coefficient (Wildman–Crippen LogP) is 3.02. The summed E-state index contributed by atoms with van der Waals surface area (Å²) < 4.78 is 0. The molecule has 1 aliphatic carbocycles. The minimum atomic E-state index is 0.0183. The van der Waals surface area contributed by atoms with Crippen LogP contribution in [0.25, 0.3) is 0 Å². The average Bonchev–Trinajstić information content (AvgIpc) is 3.14. The molecule has 102 valence electrons. The summed E-state index contributed by atoms with van der Waals surface area (Å²) in [4.78, 5) is 23.2. The minimum Gasteiger partial charge on any atom is -0.326 e. The van der Waals surface area contributed by atoms with Crippen molar-refractivity contribution in [3.05, 3.63) is 24.3 Å². The summed E-state index contributed by atoms with van der Waals surface area (Å²) in [6.45, 7) is 4.02. The molecule has 1 aliphatic rings. The van der Waals surface area contributed by atoms with Crippen LogP contribution in [0.5, 0.6) is 0 Å². The van der Waals surface area contributed by atoms with E-state index in [4.69, 9.17) is 0 Å². The lowest BCUT2D eigenvalue weighted by Crippen LogP contribution is -2.14. The first-order chi connectivity index (χ1) is 9.04. The van der Waals surface area contributed by atoms with Crippen LogP contribution in [-0.2, 0) is 9.59 Å². The molecular weight excluding hydrogens is 240 g/mol. The minimum absolute atomic E-state index is 0.0183. The van der Waals surface area contributed by atoms with Gasteiger partial charge in [0, 0.05) is 23.7 Å². The molecule has 1 fully saturated rings. The average molecular weight is 260 g/mol. The largest absolute Gasteiger partial charge is 0.326 e. The van der Waals surface area contributed by atoms with Crippen molar-refractivity contribution >= 4 is 23.2 Å². The van der Waals surface area contributed by atoms with Crippen LogP contribution in [0.1, 0.15) is 33.1 Å². The van der Waals surface area contributed by atoms with E-state index in [-0.39, 0.29) is 17.7 Å². The first-order valence-corrected chi connectivity index (χ1v) is 6.75. The molecule has 0 aliphatic heterocycles. The molecule has 19 heavy (non-hydrogen) atoms. The maximum Gasteiger partial charge on any atom is 0.227 e. The van der Waals surface area contributed by atoms with E-state index in [9.17, 15) is 9.59 Å². The smallest absolute Gasteiger partial charge is 0.227 e. The molecule has 0 radical (unpaired) electrons. The first-order valence-electron chi connectivity index (χ1n) is 6.75. The molecule has 1 aromatic carbocycles. The van der Waals surface area contributed by atoms with E-state index in [1.165, 1.54) is 0 Å². The van der Waals surface area contributed by atoms with E-state index < -0.39 is 0 Å². The molecule has 0 saturated heterocycles. The molecule has 0 aromatic heterocycles. The first kappa shape index (κ1) is 13.6. The molecular formula is C15H20N2O2. The molecule has 0 atom stereocenters. The highest BCUT2D eigenvalue weighted by atomic mass is 16.2. The normalized spacial score (nSPS) is 14.3. The van der Waals surface area contributed by atoms with Gasteiger partial charge in [-0.05, 0) is 43.0 Å². The van der Waals surface area contributed by atoms with Crippen LogP contribution in [0.15, 0.2) is 24.3 Å². The standard InChI is InChI=1S/C15H20N2O2/c1-10(2)9-14(18)16-12-5-7-13(8-6-12)17-15(19)11-3-4-11/h5-8,10-11H,3-4,9H2,1-2H3,(H,16,18)(H,17,19). The van der Waals surface area contributed by atoms with Crippen LogP contribution >= 0.6 is 0 Å². The van der Waals surface area contributed by atoms with Crippen molar-refractivity contribution in [2.45, 2.75) is 33.1 Å². The number of carbonyl (C=O) groups excluding carboxylic acids is 2. The van der Waals surface area contributed by atoms with Gasteiger partial charge in [0.15, 0.2) is 0 Å². The van der Waals surface area contributed by atoms with Gasteiger partial charge >= 0.3 is 0 Å². The van der Waals surface area contributed by atoms with Gasteiger partial charge in [-0.2, -0.15) is 0 Å². The fraction of sp³-hybridized carbons (Fsp3) is 0.467. The van der Waals surface area contributed by atoms with Crippen molar-refractivity contribution < 1.29 is 9.59 Å².